The Morgan fingerprint density at radius 2 is 2.03 bits per heavy atom. The molecule has 3 N–H and O–H groups in total. The van der Waals surface area contributed by atoms with E-state index in [1.54, 1.807) is 18.2 Å². The van der Waals surface area contributed by atoms with E-state index in [-0.39, 0.29) is 24.9 Å². The second-order valence-electron chi connectivity index (χ2n) is 7.82. The molecular weight excluding hydrogens is 372 g/mol. The summed E-state index contributed by atoms with van der Waals surface area (Å²) in [6.07, 6.45) is 7.00. The number of hydrogen-bond donors (Lipinski definition) is 2. The van der Waals surface area contributed by atoms with Gasteiger partial charge in [0, 0.05) is 25.2 Å². The standard InChI is InChI=1S/C21H30N4O4/c1-24(16-6-3-2-4-7-16)20(27)8-5-11-29-17-9-10-18(22)15(12-17)13-25-14-19(26)23-21(25)28/h9-10,12,16H,2-8,11,13-14,22H2,1H3,(H,23,26,28). The van der Waals surface area contributed by atoms with Crippen molar-refractivity contribution in [2.45, 2.75) is 57.5 Å². The molecule has 8 nitrogen and oxygen atoms in total. The highest BCUT2D eigenvalue weighted by molar-refractivity contribution is 6.01. The number of urea groups is 1. The van der Waals surface area contributed by atoms with Crippen molar-refractivity contribution in [1.82, 2.24) is 15.1 Å². The Bertz CT molecular complexity index is 761. The van der Waals surface area contributed by atoms with Gasteiger partial charge >= 0.3 is 6.03 Å². The number of benzene rings is 1. The summed E-state index contributed by atoms with van der Waals surface area (Å²) in [7, 11) is 1.91. The SMILES string of the molecule is CN(C(=O)CCCOc1ccc(N)c(CN2CC(=O)NC2=O)c1)C1CCCCC1. The zero-order chi connectivity index (χ0) is 20.8. The quantitative estimate of drug-likeness (QED) is 0.394. The van der Waals surface area contributed by atoms with E-state index in [2.05, 4.69) is 5.32 Å². The number of nitrogens with zero attached hydrogens (tertiary/aromatic N) is 2. The van der Waals surface area contributed by atoms with Gasteiger partial charge in [-0.1, -0.05) is 19.3 Å². The lowest BCUT2D eigenvalue weighted by atomic mass is 9.94. The molecule has 1 aliphatic heterocycles. The van der Waals surface area contributed by atoms with Gasteiger partial charge in [0.25, 0.3) is 0 Å². The zero-order valence-corrected chi connectivity index (χ0v) is 17.0. The molecule has 0 spiro atoms. The number of imide groups is 1. The van der Waals surface area contributed by atoms with Crippen LogP contribution in [0.4, 0.5) is 10.5 Å². The number of amides is 4. The second-order valence-corrected chi connectivity index (χ2v) is 7.82. The van der Waals surface area contributed by atoms with Crippen molar-refractivity contribution in [2.24, 2.45) is 0 Å². The first-order valence-corrected chi connectivity index (χ1v) is 10.3. The van der Waals surface area contributed by atoms with Crippen LogP contribution in [-0.2, 0) is 16.1 Å². The Balaban J connectivity index is 1.45. The summed E-state index contributed by atoms with van der Waals surface area (Å²) in [6, 6.07) is 5.24. The van der Waals surface area contributed by atoms with Gasteiger partial charge in [-0.2, -0.15) is 0 Å². The number of rotatable bonds is 8. The number of nitrogens with two attached hydrogens (primary N) is 1. The predicted molar refractivity (Wildman–Crippen MR) is 109 cm³/mol. The van der Waals surface area contributed by atoms with Crippen molar-refractivity contribution < 1.29 is 19.1 Å². The molecule has 2 aliphatic rings. The van der Waals surface area contributed by atoms with Gasteiger partial charge in [0.1, 0.15) is 12.3 Å². The fourth-order valence-corrected chi connectivity index (χ4v) is 3.89. The molecule has 4 amide bonds. The maximum Gasteiger partial charge on any atom is 0.324 e. The highest BCUT2D eigenvalue weighted by Gasteiger charge is 2.27. The largest absolute Gasteiger partial charge is 0.494 e. The van der Waals surface area contributed by atoms with Gasteiger partial charge in [-0.25, -0.2) is 4.79 Å². The first-order chi connectivity index (χ1) is 13.9. The smallest absolute Gasteiger partial charge is 0.324 e. The van der Waals surface area contributed by atoms with Crippen molar-refractivity contribution in [2.75, 3.05) is 25.9 Å². The van der Waals surface area contributed by atoms with Crippen LogP contribution in [0, 0.1) is 0 Å². The van der Waals surface area contributed by atoms with E-state index in [1.807, 2.05) is 11.9 Å². The van der Waals surface area contributed by atoms with Crippen LogP contribution in [0.2, 0.25) is 0 Å². The maximum absolute atomic E-state index is 12.4. The van der Waals surface area contributed by atoms with Gasteiger partial charge in [-0.05, 0) is 43.0 Å². The van der Waals surface area contributed by atoms with Crippen molar-refractivity contribution in [3.05, 3.63) is 23.8 Å². The van der Waals surface area contributed by atoms with Gasteiger partial charge in [-0.3, -0.25) is 14.9 Å². The molecule has 0 aromatic heterocycles. The Hall–Kier alpha value is -2.77. The Morgan fingerprint density at radius 1 is 1.28 bits per heavy atom. The third kappa shape index (κ3) is 5.62. The molecule has 2 fully saturated rings. The third-order valence-corrected chi connectivity index (χ3v) is 5.66. The molecular formula is C21H30N4O4. The molecule has 1 heterocycles. The molecule has 1 saturated carbocycles. The number of hydrogen-bond acceptors (Lipinski definition) is 5. The minimum atomic E-state index is -0.415. The van der Waals surface area contributed by atoms with Crippen LogP contribution < -0.4 is 15.8 Å². The van der Waals surface area contributed by atoms with Crippen LogP contribution in [-0.4, -0.2) is 53.9 Å². The van der Waals surface area contributed by atoms with E-state index < -0.39 is 6.03 Å². The summed E-state index contributed by atoms with van der Waals surface area (Å²) in [5.74, 6) is 0.486. The summed E-state index contributed by atoms with van der Waals surface area (Å²) in [4.78, 5) is 38.7. The Labute approximate surface area is 171 Å². The molecule has 1 aliphatic carbocycles. The average Bonchev–Trinajstić information content (AvgIpc) is 3.04. The average molecular weight is 402 g/mol. The molecule has 0 atom stereocenters. The van der Waals surface area contributed by atoms with E-state index in [9.17, 15) is 14.4 Å². The lowest BCUT2D eigenvalue weighted by Crippen LogP contribution is -2.38. The number of nitrogen functional groups attached to an aromatic ring is 1. The highest BCUT2D eigenvalue weighted by atomic mass is 16.5. The number of carbonyl (C=O) groups excluding carboxylic acids is 3. The minimum absolute atomic E-state index is 0.0278. The van der Waals surface area contributed by atoms with Gasteiger partial charge in [0.15, 0.2) is 0 Å². The molecule has 158 valence electrons. The second kappa shape index (κ2) is 9.62. The molecule has 0 unspecified atom stereocenters. The Kier molecular flexibility index (Phi) is 6.95. The predicted octanol–water partition coefficient (Wildman–Crippen LogP) is 2.27. The van der Waals surface area contributed by atoms with E-state index >= 15 is 0 Å². The first-order valence-electron chi connectivity index (χ1n) is 10.3. The molecule has 8 heteroatoms. The van der Waals surface area contributed by atoms with Crippen LogP contribution in [0.1, 0.15) is 50.5 Å². The summed E-state index contributed by atoms with van der Waals surface area (Å²) in [6.45, 7) is 0.696. The van der Waals surface area contributed by atoms with E-state index in [4.69, 9.17) is 10.5 Å². The fraction of sp³-hybridized carbons (Fsp3) is 0.571. The lowest BCUT2D eigenvalue weighted by Gasteiger charge is -2.31. The van der Waals surface area contributed by atoms with Crippen LogP contribution in [0.5, 0.6) is 5.75 Å². The number of nitrogens with one attached hydrogen (secondary N) is 1. The van der Waals surface area contributed by atoms with Crippen LogP contribution in [0.25, 0.3) is 0 Å². The van der Waals surface area contributed by atoms with Gasteiger partial charge in [-0.15, -0.1) is 0 Å². The zero-order valence-electron chi connectivity index (χ0n) is 17.0. The lowest BCUT2D eigenvalue weighted by molar-refractivity contribution is -0.132. The molecule has 1 aromatic rings. The minimum Gasteiger partial charge on any atom is -0.494 e. The topological polar surface area (TPSA) is 105 Å². The summed E-state index contributed by atoms with van der Waals surface area (Å²) in [5, 5.41) is 2.25. The van der Waals surface area contributed by atoms with Crippen LogP contribution in [0.3, 0.4) is 0 Å². The molecule has 1 saturated heterocycles. The summed E-state index contributed by atoms with van der Waals surface area (Å²) < 4.78 is 5.78. The summed E-state index contributed by atoms with van der Waals surface area (Å²) >= 11 is 0. The number of anilines is 1. The van der Waals surface area contributed by atoms with Gasteiger partial charge in [0.05, 0.1) is 13.2 Å². The van der Waals surface area contributed by atoms with Crippen LogP contribution >= 0.6 is 0 Å². The van der Waals surface area contributed by atoms with E-state index in [0.717, 1.165) is 18.4 Å². The van der Waals surface area contributed by atoms with Crippen molar-refractivity contribution in [3.63, 3.8) is 0 Å². The fourth-order valence-electron chi connectivity index (χ4n) is 3.89. The van der Waals surface area contributed by atoms with Gasteiger partial charge < -0.3 is 20.3 Å². The van der Waals surface area contributed by atoms with Crippen LogP contribution in [0.15, 0.2) is 18.2 Å². The first kappa shape index (κ1) is 21.0. The van der Waals surface area contributed by atoms with Crippen molar-refractivity contribution in [3.8, 4) is 5.75 Å². The van der Waals surface area contributed by atoms with Gasteiger partial charge in [0.2, 0.25) is 11.8 Å². The molecule has 29 heavy (non-hydrogen) atoms. The molecule has 1 aromatic carbocycles. The molecule has 0 radical (unpaired) electrons. The normalized spacial score (nSPS) is 17.3. The van der Waals surface area contributed by atoms with Crippen molar-refractivity contribution >= 4 is 23.5 Å². The maximum atomic E-state index is 12.4. The number of ether oxygens (including phenoxy) is 1. The van der Waals surface area contributed by atoms with E-state index in [0.29, 0.717) is 36.9 Å². The summed E-state index contributed by atoms with van der Waals surface area (Å²) in [5.41, 5.74) is 7.26. The molecule has 3 rings (SSSR count). The third-order valence-electron chi connectivity index (χ3n) is 5.66. The number of carbonyl (C=O) groups is 3. The monoisotopic (exact) mass is 402 g/mol. The van der Waals surface area contributed by atoms with Crippen molar-refractivity contribution in [1.29, 1.82) is 0 Å². The Morgan fingerprint density at radius 3 is 2.72 bits per heavy atom. The highest BCUT2D eigenvalue weighted by Crippen LogP contribution is 2.23. The molecule has 0 bridgehead atoms. The van der Waals surface area contributed by atoms with E-state index in [1.165, 1.54) is 24.2 Å².